The molecule has 1 N–H and O–H groups in total. The molecule has 2 fully saturated rings. The number of ether oxygens (including phenoxy) is 2. The third-order valence-electron chi connectivity index (χ3n) is 5.73. The first-order valence-electron chi connectivity index (χ1n) is 9.97. The fourth-order valence-electron chi connectivity index (χ4n) is 3.97. The Morgan fingerprint density at radius 1 is 1.00 bits per heavy atom. The van der Waals surface area contributed by atoms with Gasteiger partial charge in [-0.25, -0.2) is 0 Å². The van der Waals surface area contributed by atoms with E-state index in [1.165, 1.54) is 0 Å². The summed E-state index contributed by atoms with van der Waals surface area (Å²) in [5.74, 6) is 0.878. The van der Waals surface area contributed by atoms with Gasteiger partial charge in [0, 0.05) is 42.2 Å². The summed E-state index contributed by atoms with van der Waals surface area (Å²) in [7, 11) is 3.22. The second kappa shape index (κ2) is 8.15. The maximum atomic E-state index is 13.0. The molecule has 2 aromatic carbocycles. The molecule has 2 aromatic rings. The lowest BCUT2D eigenvalue weighted by Crippen LogP contribution is -2.36. The zero-order valence-electron chi connectivity index (χ0n) is 16.8. The van der Waals surface area contributed by atoms with Crippen LogP contribution in [0.1, 0.15) is 34.7 Å². The van der Waals surface area contributed by atoms with E-state index in [1.54, 1.807) is 19.1 Å². The van der Waals surface area contributed by atoms with Crippen LogP contribution in [0.2, 0.25) is 0 Å². The molecule has 1 saturated heterocycles. The van der Waals surface area contributed by atoms with Crippen molar-refractivity contribution >= 4 is 11.8 Å². The SMILES string of the molecule is COc1ccc([C@@H]2CN(C(=O)c3ccccc3)C[C@@H]2C(=O)NC2CC2)c(OC)c1. The zero-order chi connectivity index (χ0) is 20.4. The minimum absolute atomic E-state index is 0.0127. The van der Waals surface area contributed by atoms with E-state index < -0.39 is 0 Å². The Balaban J connectivity index is 1.64. The highest BCUT2D eigenvalue weighted by atomic mass is 16.5. The van der Waals surface area contributed by atoms with Crippen LogP contribution in [0.15, 0.2) is 48.5 Å². The van der Waals surface area contributed by atoms with Crippen molar-refractivity contribution in [1.29, 1.82) is 0 Å². The van der Waals surface area contributed by atoms with Gasteiger partial charge in [-0.3, -0.25) is 9.59 Å². The lowest BCUT2D eigenvalue weighted by Gasteiger charge is -2.21. The molecule has 0 unspecified atom stereocenters. The smallest absolute Gasteiger partial charge is 0.253 e. The number of hydrogen-bond donors (Lipinski definition) is 1. The molecule has 0 bridgehead atoms. The molecule has 2 amide bonds. The summed E-state index contributed by atoms with van der Waals surface area (Å²) in [5, 5.41) is 3.11. The summed E-state index contributed by atoms with van der Waals surface area (Å²) in [5.41, 5.74) is 1.56. The molecule has 1 aliphatic carbocycles. The number of carbonyl (C=O) groups excluding carboxylic acids is 2. The van der Waals surface area contributed by atoms with Gasteiger partial charge < -0.3 is 19.7 Å². The van der Waals surface area contributed by atoms with Crippen LogP contribution in [0.4, 0.5) is 0 Å². The van der Waals surface area contributed by atoms with E-state index >= 15 is 0 Å². The minimum Gasteiger partial charge on any atom is -0.497 e. The molecule has 1 aliphatic heterocycles. The summed E-state index contributed by atoms with van der Waals surface area (Å²) in [6.45, 7) is 0.866. The van der Waals surface area contributed by atoms with Gasteiger partial charge in [0.1, 0.15) is 11.5 Å². The van der Waals surface area contributed by atoms with Crippen LogP contribution >= 0.6 is 0 Å². The molecule has 2 atom stereocenters. The number of methoxy groups -OCH3 is 2. The first kappa shape index (κ1) is 19.3. The van der Waals surface area contributed by atoms with Gasteiger partial charge in [0.05, 0.1) is 20.1 Å². The summed E-state index contributed by atoms with van der Waals surface area (Å²) in [6, 6.07) is 15.1. The van der Waals surface area contributed by atoms with Gasteiger partial charge >= 0.3 is 0 Å². The van der Waals surface area contributed by atoms with E-state index in [9.17, 15) is 9.59 Å². The number of nitrogens with zero attached hydrogens (tertiary/aromatic N) is 1. The van der Waals surface area contributed by atoms with E-state index in [1.807, 2.05) is 48.5 Å². The Kier molecular flexibility index (Phi) is 5.43. The van der Waals surface area contributed by atoms with Gasteiger partial charge in [0.15, 0.2) is 0 Å². The molecule has 2 aliphatic rings. The Hall–Kier alpha value is -3.02. The fourth-order valence-corrected chi connectivity index (χ4v) is 3.97. The number of likely N-dealkylation sites (tertiary alicyclic amines) is 1. The lowest BCUT2D eigenvalue weighted by atomic mass is 9.87. The standard InChI is InChI=1S/C23H26N2O4/c1-28-17-10-11-18(21(12-17)29-2)19-13-25(23(27)15-6-4-3-5-7-15)14-20(19)22(26)24-16-8-9-16/h3-7,10-12,16,19-20H,8-9,13-14H2,1-2H3,(H,24,26)/t19-,20-/m0/s1. The van der Waals surface area contributed by atoms with Gasteiger partial charge in [-0.05, 0) is 31.0 Å². The van der Waals surface area contributed by atoms with Crippen molar-refractivity contribution in [1.82, 2.24) is 10.2 Å². The molecule has 6 nitrogen and oxygen atoms in total. The molecule has 6 heteroatoms. The number of carbonyl (C=O) groups is 2. The predicted octanol–water partition coefficient (Wildman–Crippen LogP) is 2.84. The number of rotatable bonds is 6. The third-order valence-corrected chi connectivity index (χ3v) is 5.73. The largest absolute Gasteiger partial charge is 0.497 e. The highest BCUT2D eigenvalue weighted by molar-refractivity contribution is 5.95. The molecule has 0 aromatic heterocycles. The Morgan fingerprint density at radius 2 is 1.76 bits per heavy atom. The summed E-state index contributed by atoms with van der Waals surface area (Å²) >= 11 is 0. The first-order chi connectivity index (χ1) is 14.1. The normalized spacial score (nSPS) is 21.0. The monoisotopic (exact) mass is 394 g/mol. The molecule has 1 heterocycles. The molecule has 0 spiro atoms. The summed E-state index contributed by atoms with van der Waals surface area (Å²) < 4.78 is 10.9. The average molecular weight is 394 g/mol. The number of hydrogen-bond acceptors (Lipinski definition) is 4. The Morgan fingerprint density at radius 3 is 2.41 bits per heavy atom. The van der Waals surface area contributed by atoms with E-state index in [4.69, 9.17) is 9.47 Å². The second-order valence-electron chi connectivity index (χ2n) is 7.68. The number of amides is 2. The average Bonchev–Trinajstić information content (AvgIpc) is 3.47. The van der Waals surface area contributed by atoms with Crippen LogP contribution in [0.5, 0.6) is 11.5 Å². The third kappa shape index (κ3) is 4.06. The van der Waals surface area contributed by atoms with E-state index in [-0.39, 0.29) is 29.7 Å². The Bertz CT molecular complexity index is 895. The van der Waals surface area contributed by atoms with E-state index in [0.29, 0.717) is 30.2 Å². The second-order valence-corrected chi connectivity index (χ2v) is 7.68. The van der Waals surface area contributed by atoms with Crippen LogP contribution in [0.25, 0.3) is 0 Å². The van der Waals surface area contributed by atoms with Crippen molar-refractivity contribution in [2.75, 3.05) is 27.3 Å². The van der Waals surface area contributed by atoms with Crippen molar-refractivity contribution in [2.24, 2.45) is 5.92 Å². The number of nitrogens with one attached hydrogen (secondary N) is 1. The summed E-state index contributed by atoms with van der Waals surface area (Å²) in [6.07, 6.45) is 2.06. The zero-order valence-corrected chi connectivity index (χ0v) is 16.8. The predicted molar refractivity (Wildman–Crippen MR) is 109 cm³/mol. The molecule has 4 rings (SSSR count). The van der Waals surface area contributed by atoms with E-state index in [0.717, 1.165) is 18.4 Å². The van der Waals surface area contributed by atoms with Crippen LogP contribution in [0.3, 0.4) is 0 Å². The van der Waals surface area contributed by atoms with Gasteiger partial charge in [-0.2, -0.15) is 0 Å². The van der Waals surface area contributed by atoms with Crippen LogP contribution in [0, 0.1) is 5.92 Å². The van der Waals surface area contributed by atoms with Gasteiger partial charge in [-0.1, -0.05) is 24.3 Å². The lowest BCUT2D eigenvalue weighted by molar-refractivity contribution is -0.125. The molecule has 152 valence electrons. The van der Waals surface area contributed by atoms with Gasteiger partial charge in [0.2, 0.25) is 5.91 Å². The van der Waals surface area contributed by atoms with Crippen molar-refractivity contribution in [2.45, 2.75) is 24.8 Å². The topological polar surface area (TPSA) is 67.9 Å². The molecule has 0 radical (unpaired) electrons. The van der Waals surface area contributed by atoms with Crippen LogP contribution in [-0.4, -0.2) is 50.1 Å². The van der Waals surface area contributed by atoms with Crippen molar-refractivity contribution in [3.63, 3.8) is 0 Å². The van der Waals surface area contributed by atoms with Crippen molar-refractivity contribution < 1.29 is 19.1 Å². The molecule has 29 heavy (non-hydrogen) atoms. The molecule has 1 saturated carbocycles. The Labute approximate surface area is 170 Å². The quantitative estimate of drug-likeness (QED) is 0.818. The van der Waals surface area contributed by atoms with Crippen LogP contribution < -0.4 is 14.8 Å². The highest BCUT2D eigenvalue weighted by Gasteiger charge is 2.43. The maximum Gasteiger partial charge on any atom is 0.253 e. The molecular weight excluding hydrogens is 368 g/mol. The number of benzene rings is 2. The summed E-state index contributed by atoms with van der Waals surface area (Å²) in [4.78, 5) is 27.8. The van der Waals surface area contributed by atoms with Gasteiger partial charge in [-0.15, -0.1) is 0 Å². The van der Waals surface area contributed by atoms with Gasteiger partial charge in [0.25, 0.3) is 5.91 Å². The van der Waals surface area contributed by atoms with Crippen molar-refractivity contribution in [3.8, 4) is 11.5 Å². The fraction of sp³-hybridized carbons (Fsp3) is 0.391. The maximum absolute atomic E-state index is 13.0. The van der Waals surface area contributed by atoms with E-state index in [2.05, 4.69) is 5.32 Å². The molecular formula is C23H26N2O4. The highest BCUT2D eigenvalue weighted by Crippen LogP contribution is 2.40. The first-order valence-corrected chi connectivity index (χ1v) is 9.97. The minimum atomic E-state index is -0.314. The van der Waals surface area contributed by atoms with Crippen molar-refractivity contribution in [3.05, 3.63) is 59.7 Å². The van der Waals surface area contributed by atoms with Crippen LogP contribution in [-0.2, 0) is 4.79 Å².